The van der Waals surface area contributed by atoms with Gasteiger partial charge in [0.05, 0.1) is 26.2 Å². The van der Waals surface area contributed by atoms with Crippen molar-refractivity contribution in [3.05, 3.63) is 71.3 Å². The molecule has 0 spiro atoms. The van der Waals surface area contributed by atoms with Crippen LogP contribution in [0.3, 0.4) is 0 Å². The van der Waals surface area contributed by atoms with Crippen LogP contribution in [0.2, 0.25) is 0 Å². The highest BCUT2D eigenvalue weighted by atomic mass is 19.1. The van der Waals surface area contributed by atoms with Gasteiger partial charge in [0, 0.05) is 25.7 Å². The Morgan fingerprint density at radius 1 is 0.926 bits per heavy atom. The molecule has 0 radical (unpaired) electrons. The summed E-state index contributed by atoms with van der Waals surface area (Å²) in [7, 11) is 4.62. The Bertz CT molecular complexity index is 773. The van der Waals surface area contributed by atoms with Crippen molar-refractivity contribution in [2.75, 3.05) is 14.1 Å². The molecule has 0 saturated carbocycles. The number of benzene rings is 2. The van der Waals surface area contributed by atoms with Gasteiger partial charge in [0.25, 0.3) is 0 Å². The third-order valence-corrected chi connectivity index (χ3v) is 7.11. The van der Waals surface area contributed by atoms with Crippen molar-refractivity contribution >= 4 is 0 Å². The summed E-state index contributed by atoms with van der Waals surface area (Å²) in [6.07, 6.45) is 5.05. The van der Waals surface area contributed by atoms with Gasteiger partial charge in [-0.3, -0.25) is 0 Å². The number of nitrogens with zero attached hydrogens (tertiary/aromatic N) is 1. The summed E-state index contributed by atoms with van der Waals surface area (Å²) >= 11 is 0. The lowest BCUT2D eigenvalue weighted by molar-refractivity contribution is -0.931. The quantitative estimate of drug-likeness (QED) is 0.777. The summed E-state index contributed by atoms with van der Waals surface area (Å²) in [5.74, 6) is -0.433. The predicted octanol–water partition coefficient (Wildman–Crippen LogP) is 4.61. The average Bonchev–Trinajstić information content (AvgIpc) is 2.79. The van der Waals surface area contributed by atoms with E-state index in [2.05, 4.69) is 14.1 Å². The van der Waals surface area contributed by atoms with Gasteiger partial charge in [0.15, 0.2) is 0 Å². The van der Waals surface area contributed by atoms with Crippen molar-refractivity contribution in [1.82, 2.24) is 0 Å². The minimum Gasteiger partial charge on any atom is -0.380 e. The number of aliphatic hydroxyl groups is 1. The van der Waals surface area contributed by atoms with Crippen LogP contribution < -0.4 is 0 Å². The maximum atomic E-state index is 13.9. The van der Waals surface area contributed by atoms with E-state index < -0.39 is 5.60 Å². The number of hydrogen-bond donors (Lipinski definition) is 1. The molecule has 1 N–H and O–H groups in total. The van der Waals surface area contributed by atoms with Crippen LogP contribution in [0.4, 0.5) is 8.78 Å². The highest BCUT2D eigenvalue weighted by Crippen LogP contribution is 2.47. The van der Waals surface area contributed by atoms with Gasteiger partial charge in [0.2, 0.25) is 0 Å². The molecule has 2 aromatic rings. The fraction of sp³-hybridized carbons (Fsp3) is 0.478. The molecule has 27 heavy (non-hydrogen) atoms. The van der Waals surface area contributed by atoms with E-state index in [1.54, 1.807) is 24.3 Å². The van der Waals surface area contributed by atoms with Crippen molar-refractivity contribution < 1.29 is 18.4 Å². The Morgan fingerprint density at radius 2 is 1.41 bits per heavy atom. The van der Waals surface area contributed by atoms with Gasteiger partial charge in [-0.2, -0.15) is 0 Å². The molecule has 2 aliphatic heterocycles. The number of fused-ring (bicyclic) bond motifs is 2. The highest BCUT2D eigenvalue weighted by Gasteiger charge is 2.50. The van der Waals surface area contributed by atoms with Crippen LogP contribution in [0, 0.1) is 17.6 Å². The van der Waals surface area contributed by atoms with Crippen LogP contribution in [-0.4, -0.2) is 35.8 Å². The van der Waals surface area contributed by atoms with Crippen molar-refractivity contribution in [2.45, 2.75) is 49.8 Å². The van der Waals surface area contributed by atoms with E-state index in [1.165, 1.54) is 37.1 Å². The standard InChI is InChI=1S/C23H28F2NO/c1-26(2)21-9-10-22(26)12-16(11-21)15-23(27,17-5-3-7-19(24)13-17)18-6-4-8-20(25)14-18/h3-8,13-14,16,21-22,27H,9-12,15H2,1-2H3/q+1/t21-,22-/m0/s1. The Labute approximate surface area is 160 Å². The van der Waals surface area contributed by atoms with Crippen LogP contribution in [-0.2, 0) is 5.60 Å². The van der Waals surface area contributed by atoms with E-state index in [1.807, 2.05) is 0 Å². The summed E-state index contributed by atoms with van der Waals surface area (Å²) in [5.41, 5.74) is -0.387. The smallest absolute Gasteiger partial charge is 0.123 e. The van der Waals surface area contributed by atoms with Crippen molar-refractivity contribution in [3.63, 3.8) is 0 Å². The van der Waals surface area contributed by atoms with Crippen LogP contribution in [0.1, 0.15) is 43.2 Å². The van der Waals surface area contributed by atoms with Crippen LogP contribution in [0.5, 0.6) is 0 Å². The lowest BCUT2D eigenvalue weighted by atomic mass is 9.75. The first-order valence-electron chi connectivity index (χ1n) is 9.87. The average molecular weight is 372 g/mol. The van der Waals surface area contributed by atoms with E-state index in [0.29, 0.717) is 35.5 Å². The fourth-order valence-corrected chi connectivity index (χ4v) is 5.47. The van der Waals surface area contributed by atoms with Gasteiger partial charge in [-0.1, -0.05) is 24.3 Å². The maximum absolute atomic E-state index is 13.9. The molecule has 0 amide bonds. The van der Waals surface area contributed by atoms with Gasteiger partial charge in [0.1, 0.15) is 17.2 Å². The monoisotopic (exact) mass is 372 g/mol. The molecule has 4 rings (SSSR count). The molecule has 2 aliphatic rings. The van der Waals surface area contributed by atoms with Crippen molar-refractivity contribution in [3.8, 4) is 0 Å². The number of hydrogen-bond acceptors (Lipinski definition) is 1. The zero-order chi connectivity index (χ0) is 19.2. The van der Waals surface area contributed by atoms with Crippen LogP contribution in [0.15, 0.2) is 48.5 Å². The van der Waals surface area contributed by atoms with Crippen molar-refractivity contribution in [2.24, 2.45) is 5.92 Å². The number of halogens is 2. The van der Waals surface area contributed by atoms with Gasteiger partial charge < -0.3 is 9.59 Å². The van der Waals surface area contributed by atoms with E-state index in [-0.39, 0.29) is 11.6 Å². The minimum atomic E-state index is -1.39. The topological polar surface area (TPSA) is 20.2 Å². The lowest BCUT2D eigenvalue weighted by Gasteiger charge is -2.46. The van der Waals surface area contributed by atoms with Crippen LogP contribution >= 0.6 is 0 Å². The molecule has 2 heterocycles. The lowest BCUT2D eigenvalue weighted by Crippen LogP contribution is -2.55. The molecule has 2 aromatic carbocycles. The zero-order valence-corrected chi connectivity index (χ0v) is 16.0. The van der Waals surface area contributed by atoms with Gasteiger partial charge in [-0.05, 0) is 47.7 Å². The van der Waals surface area contributed by atoms with Gasteiger partial charge in [-0.15, -0.1) is 0 Å². The van der Waals surface area contributed by atoms with Gasteiger partial charge in [-0.25, -0.2) is 8.78 Å². The molecule has 2 fully saturated rings. The summed E-state index contributed by atoms with van der Waals surface area (Å²) in [6, 6.07) is 13.4. The largest absolute Gasteiger partial charge is 0.380 e. The molecule has 0 aliphatic carbocycles. The Morgan fingerprint density at radius 3 is 1.85 bits per heavy atom. The predicted molar refractivity (Wildman–Crippen MR) is 102 cm³/mol. The molecule has 2 bridgehead atoms. The number of rotatable bonds is 4. The molecule has 2 saturated heterocycles. The molecular formula is C23H28F2NO+. The summed E-state index contributed by atoms with van der Waals surface area (Å²) in [6.45, 7) is 0. The zero-order valence-electron chi connectivity index (χ0n) is 16.0. The number of piperidine rings is 1. The van der Waals surface area contributed by atoms with Gasteiger partial charge >= 0.3 is 0 Å². The van der Waals surface area contributed by atoms with E-state index in [9.17, 15) is 13.9 Å². The first-order valence-corrected chi connectivity index (χ1v) is 9.87. The second-order valence-corrected chi connectivity index (χ2v) is 8.94. The SMILES string of the molecule is C[N+]1(C)[C@H]2CC[C@H]1CC(CC(O)(c1cccc(F)c1)c1cccc(F)c1)C2. The highest BCUT2D eigenvalue weighted by molar-refractivity contribution is 5.36. The molecule has 2 nitrogen and oxygen atoms in total. The second-order valence-electron chi connectivity index (χ2n) is 8.94. The molecule has 2 atom stereocenters. The molecule has 0 aromatic heterocycles. The summed E-state index contributed by atoms with van der Waals surface area (Å²) in [5, 5.41) is 11.7. The first-order chi connectivity index (χ1) is 12.8. The Kier molecular flexibility index (Phi) is 4.59. The molecule has 0 unspecified atom stereocenters. The van der Waals surface area contributed by atoms with Crippen molar-refractivity contribution in [1.29, 1.82) is 0 Å². The fourth-order valence-electron chi connectivity index (χ4n) is 5.47. The number of quaternary nitrogens is 1. The second kappa shape index (κ2) is 6.68. The summed E-state index contributed by atoms with van der Waals surface area (Å²) < 4.78 is 28.9. The normalized spacial score (nSPS) is 26.9. The molecular weight excluding hydrogens is 344 g/mol. The third-order valence-electron chi connectivity index (χ3n) is 7.11. The van der Waals surface area contributed by atoms with Crippen LogP contribution in [0.25, 0.3) is 0 Å². The van der Waals surface area contributed by atoms with E-state index >= 15 is 0 Å². The molecule has 4 heteroatoms. The Balaban J connectivity index is 1.69. The maximum Gasteiger partial charge on any atom is 0.123 e. The van der Waals surface area contributed by atoms with E-state index in [0.717, 1.165) is 17.3 Å². The first kappa shape index (κ1) is 18.6. The summed E-state index contributed by atoms with van der Waals surface area (Å²) in [4.78, 5) is 0. The minimum absolute atomic E-state index is 0.338. The van der Waals surface area contributed by atoms with E-state index in [4.69, 9.17) is 0 Å². The Hall–Kier alpha value is -1.78. The molecule has 144 valence electrons. The third kappa shape index (κ3) is 3.30.